The second-order valence-corrected chi connectivity index (χ2v) is 6.29. The third-order valence-corrected chi connectivity index (χ3v) is 4.88. The lowest BCUT2D eigenvalue weighted by molar-refractivity contribution is 0.0985. The summed E-state index contributed by atoms with van der Waals surface area (Å²) in [5.41, 5.74) is 0.436. The van der Waals surface area contributed by atoms with Crippen molar-refractivity contribution in [3.05, 3.63) is 35.9 Å². The van der Waals surface area contributed by atoms with Crippen LogP contribution >= 0.6 is 0 Å². The molecule has 0 fully saturated rings. The number of hydrogen-bond donors (Lipinski definition) is 0. The van der Waals surface area contributed by atoms with Gasteiger partial charge in [-0.1, -0.05) is 37.3 Å². The highest BCUT2D eigenvalue weighted by Crippen LogP contribution is 2.14. The van der Waals surface area contributed by atoms with E-state index in [1.54, 1.807) is 37.3 Å². The normalized spacial score (nSPS) is 13.2. The molecule has 0 bridgehead atoms. The summed E-state index contributed by atoms with van der Waals surface area (Å²) in [4.78, 5) is 12.2. The van der Waals surface area contributed by atoms with Gasteiger partial charge in [0, 0.05) is 12.7 Å². The van der Waals surface area contributed by atoms with Crippen molar-refractivity contribution in [1.82, 2.24) is 0 Å². The maximum atomic E-state index is 12.2. The van der Waals surface area contributed by atoms with Crippen LogP contribution in [-0.2, 0) is 14.6 Å². The summed E-state index contributed by atoms with van der Waals surface area (Å²) in [5.74, 6) is -0.463. The van der Waals surface area contributed by atoms with E-state index in [2.05, 4.69) is 0 Å². The monoisotopic (exact) mass is 270 g/mol. The zero-order chi connectivity index (χ0) is 13.6. The van der Waals surface area contributed by atoms with Gasteiger partial charge in [0.25, 0.3) is 0 Å². The topological polar surface area (TPSA) is 60.4 Å². The van der Waals surface area contributed by atoms with Crippen LogP contribution in [0.3, 0.4) is 0 Å². The first-order chi connectivity index (χ1) is 8.53. The Labute approximate surface area is 108 Å². The van der Waals surface area contributed by atoms with E-state index >= 15 is 0 Å². The largest absolute Gasteiger partial charge is 0.384 e. The Kier molecular flexibility index (Phi) is 5.50. The van der Waals surface area contributed by atoms with E-state index < -0.39 is 15.1 Å². The van der Waals surface area contributed by atoms with Gasteiger partial charge in [-0.05, 0) is 6.42 Å². The number of Topliss-reactive ketones (excluding diaryl/α,β-unsaturated/α-hetero) is 1. The van der Waals surface area contributed by atoms with Crippen LogP contribution in [0, 0.1) is 0 Å². The van der Waals surface area contributed by atoms with Crippen LogP contribution in [0.4, 0.5) is 0 Å². The first-order valence-corrected chi connectivity index (χ1v) is 7.54. The van der Waals surface area contributed by atoms with Gasteiger partial charge < -0.3 is 4.74 Å². The molecule has 0 aromatic heterocycles. The zero-order valence-corrected chi connectivity index (χ0v) is 11.4. The van der Waals surface area contributed by atoms with E-state index in [4.69, 9.17) is 4.74 Å². The van der Waals surface area contributed by atoms with Gasteiger partial charge in [0.05, 0.1) is 12.4 Å². The number of ether oxygens (including phenoxy) is 1. The number of hydrogen-bond acceptors (Lipinski definition) is 4. The highest BCUT2D eigenvalue weighted by Gasteiger charge is 2.30. The minimum atomic E-state index is -3.46. The molecule has 0 aliphatic carbocycles. The van der Waals surface area contributed by atoms with Crippen LogP contribution in [0.1, 0.15) is 23.7 Å². The van der Waals surface area contributed by atoms with Gasteiger partial charge in [-0.15, -0.1) is 0 Å². The molecule has 1 rings (SSSR count). The van der Waals surface area contributed by atoms with Crippen molar-refractivity contribution in [3.63, 3.8) is 0 Å². The first-order valence-electron chi connectivity index (χ1n) is 5.82. The fourth-order valence-electron chi connectivity index (χ4n) is 1.73. The molecule has 0 amide bonds. The number of carbonyl (C=O) groups excluding carboxylic acids is 1. The molecule has 0 saturated heterocycles. The lowest BCUT2D eigenvalue weighted by Crippen LogP contribution is -2.33. The second-order valence-electron chi connectivity index (χ2n) is 3.99. The van der Waals surface area contributed by atoms with Crippen molar-refractivity contribution in [3.8, 4) is 0 Å². The molecule has 0 heterocycles. The summed E-state index contributed by atoms with van der Waals surface area (Å²) >= 11 is 0. The quantitative estimate of drug-likeness (QED) is 0.708. The number of benzene rings is 1. The lowest BCUT2D eigenvalue weighted by Gasteiger charge is -2.14. The maximum absolute atomic E-state index is 12.2. The van der Waals surface area contributed by atoms with Gasteiger partial charge in [0.2, 0.25) is 0 Å². The Bertz CT molecular complexity index is 479. The minimum Gasteiger partial charge on any atom is -0.384 e. The molecule has 1 aromatic rings. The van der Waals surface area contributed by atoms with E-state index in [1.807, 2.05) is 0 Å². The van der Waals surface area contributed by atoms with E-state index in [0.717, 1.165) is 0 Å². The fraction of sp³-hybridized carbons (Fsp3) is 0.462. The molecular formula is C13H18O4S. The predicted molar refractivity (Wildman–Crippen MR) is 70.5 cm³/mol. The fourth-order valence-corrected chi connectivity index (χ4v) is 3.39. The smallest absolute Gasteiger partial charge is 0.180 e. The Morgan fingerprint density at radius 1 is 1.28 bits per heavy atom. The number of rotatable bonds is 7. The first kappa shape index (κ1) is 14.9. The van der Waals surface area contributed by atoms with Gasteiger partial charge in [-0.25, -0.2) is 8.42 Å². The van der Waals surface area contributed by atoms with Crippen LogP contribution < -0.4 is 0 Å². The maximum Gasteiger partial charge on any atom is 0.180 e. The number of methoxy groups -OCH3 is 1. The van der Waals surface area contributed by atoms with Gasteiger partial charge in [0.15, 0.2) is 15.6 Å². The van der Waals surface area contributed by atoms with Crippen molar-refractivity contribution in [1.29, 1.82) is 0 Å². The molecule has 0 spiro atoms. The third kappa shape index (κ3) is 3.65. The molecule has 18 heavy (non-hydrogen) atoms. The van der Waals surface area contributed by atoms with Crippen molar-refractivity contribution >= 4 is 15.6 Å². The molecule has 5 heteroatoms. The van der Waals surface area contributed by atoms with E-state index in [-0.39, 0.29) is 24.6 Å². The molecule has 1 aromatic carbocycles. The van der Waals surface area contributed by atoms with E-state index in [9.17, 15) is 13.2 Å². The molecule has 0 saturated carbocycles. The van der Waals surface area contributed by atoms with Crippen LogP contribution in [0.15, 0.2) is 30.3 Å². The summed E-state index contributed by atoms with van der Waals surface area (Å²) in [7, 11) is -2.02. The summed E-state index contributed by atoms with van der Waals surface area (Å²) in [6, 6.07) is 8.51. The number of sulfone groups is 1. The van der Waals surface area contributed by atoms with Crippen molar-refractivity contribution in [2.75, 3.05) is 19.5 Å². The number of ketones is 1. The molecule has 0 N–H and O–H groups in total. The van der Waals surface area contributed by atoms with Gasteiger partial charge in [0.1, 0.15) is 5.25 Å². The molecule has 1 unspecified atom stereocenters. The van der Waals surface area contributed by atoms with Crippen LogP contribution in [-0.4, -0.2) is 38.9 Å². The van der Waals surface area contributed by atoms with Crippen LogP contribution in [0.5, 0.6) is 0 Å². The third-order valence-electron chi connectivity index (χ3n) is 2.73. The molecule has 0 radical (unpaired) electrons. The van der Waals surface area contributed by atoms with Crippen LogP contribution in [0.25, 0.3) is 0 Å². The van der Waals surface area contributed by atoms with Gasteiger partial charge in [-0.3, -0.25) is 4.79 Å². The summed E-state index contributed by atoms with van der Waals surface area (Å²) < 4.78 is 28.8. The second kappa shape index (κ2) is 6.66. The average Bonchev–Trinajstić information content (AvgIpc) is 2.38. The molecule has 100 valence electrons. The standard InChI is InChI=1S/C13H18O4S/c1-3-12(18(15,16)10-9-17-2)13(14)11-7-5-4-6-8-11/h4-8,12H,3,9-10H2,1-2H3. The van der Waals surface area contributed by atoms with E-state index in [1.165, 1.54) is 7.11 Å². The number of carbonyl (C=O) groups is 1. The van der Waals surface area contributed by atoms with Gasteiger partial charge in [-0.2, -0.15) is 0 Å². The highest BCUT2D eigenvalue weighted by atomic mass is 32.2. The lowest BCUT2D eigenvalue weighted by atomic mass is 10.1. The molecular weight excluding hydrogens is 252 g/mol. The minimum absolute atomic E-state index is 0.112. The SMILES string of the molecule is CCC(C(=O)c1ccccc1)S(=O)(=O)CCOC. The van der Waals surface area contributed by atoms with Gasteiger partial charge >= 0.3 is 0 Å². The molecule has 4 nitrogen and oxygen atoms in total. The Balaban J connectivity index is 2.94. The molecule has 0 aliphatic rings. The summed E-state index contributed by atoms with van der Waals surface area (Å²) in [5, 5.41) is -0.977. The highest BCUT2D eigenvalue weighted by molar-refractivity contribution is 7.92. The molecule has 0 aliphatic heterocycles. The zero-order valence-electron chi connectivity index (χ0n) is 10.6. The van der Waals surface area contributed by atoms with Crippen molar-refractivity contribution in [2.45, 2.75) is 18.6 Å². The predicted octanol–water partition coefficient (Wildman–Crippen LogP) is 1.71. The average molecular weight is 270 g/mol. The molecule has 1 atom stereocenters. The van der Waals surface area contributed by atoms with Crippen molar-refractivity contribution < 1.29 is 17.9 Å². The summed E-state index contributed by atoms with van der Waals surface area (Å²) in [6.45, 7) is 1.82. The Morgan fingerprint density at radius 3 is 2.39 bits per heavy atom. The van der Waals surface area contributed by atoms with Crippen molar-refractivity contribution in [2.24, 2.45) is 0 Å². The van der Waals surface area contributed by atoms with Crippen LogP contribution in [0.2, 0.25) is 0 Å². The Hall–Kier alpha value is -1.20. The summed E-state index contributed by atoms with van der Waals surface area (Å²) in [6.07, 6.45) is 0.278. The van der Waals surface area contributed by atoms with E-state index in [0.29, 0.717) is 5.56 Å². The Morgan fingerprint density at radius 2 is 1.89 bits per heavy atom.